The summed E-state index contributed by atoms with van der Waals surface area (Å²) in [5, 5.41) is 2.99. The molecule has 2 saturated heterocycles. The van der Waals surface area contributed by atoms with Gasteiger partial charge >= 0.3 is 6.09 Å². The van der Waals surface area contributed by atoms with E-state index < -0.39 is 0 Å². The molecular weight excluding hydrogens is 510 g/mol. The number of fused-ring (bicyclic) bond motifs is 7. The Morgan fingerprint density at radius 2 is 1.73 bits per heavy atom. The van der Waals surface area contributed by atoms with Crippen molar-refractivity contribution >= 4 is 6.09 Å². The number of nitrogens with one attached hydrogen (secondary N) is 1. The van der Waals surface area contributed by atoms with Crippen LogP contribution in [0.4, 0.5) is 4.79 Å². The highest BCUT2D eigenvalue weighted by atomic mass is 16.7. The second-order valence-corrected chi connectivity index (χ2v) is 15.8. The summed E-state index contributed by atoms with van der Waals surface area (Å²) in [5.74, 6) is 4.51. The minimum Gasteiger partial charge on any atom is -0.446 e. The Labute approximate surface area is 247 Å². The van der Waals surface area contributed by atoms with Gasteiger partial charge in [0.25, 0.3) is 0 Å². The third kappa shape index (κ3) is 4.58. The van der Waals surface area contributed by atoms with Gasteiger partial charge in [0.05, 0.1) is 12.7 Å². The highest BCUT2D eigenvalue weighted by Crippen LogP contribution is 2.71. The van der Waals surface area contributed by atoms with Crippen LogP contribution in [0.25, 0.3) is 0 Å². The van der Waals surface area contributed by atoms with E-state index in [1.807, 2.05) is 0 Å². The molecule has 5 nitrogen and oxygen atoms in total. The van der Waals surface area contributed by atoms with Crippen LogP contribution in [0.1, 0.15) is 103 Å². The highest BCUT2D eigenvalue weighted by molar-refractivity contribution is 5.67. The van der Waals surface area contributed by atoms with E-state index in [0.717, 1.165) is 49.2 Å². The zero-order chi connectivity index (χ0) is 28.6. The smallest absolute Gasteiger partial charge is 0.407 e. The number of hydrogen-bond acceptors (Lipinski definition) is 4. The molecule has 2 aliphatic heterocycles. The zero-order valence-electron chi connectivity index (χ0n) is 26.1. The number of ether oxygens (including phenoxy) is 3. The molecule has 0 unspecified atom stereocenters. The van der Waals surface area contributed by atoms with Crippen molar-refractivity contribution in [1.29, 1.82) is 0 Å². The maximum Gasteiger partial charge on any atom is 0.407 e. The lowest BCUT2D eigenvalue weighted by atomic mass is 9.44. The van der Waals surface area contributed by atoms with Gasteiger partial charge in [-0.2, -0.15) is 0 Å². The molecule has 2 heterocycles. The molecule has 4 saturated carbocycles. The van der Waals surface area contributed by atoms with Crippen molar-refractivity contribution in [1.82, 2.24) is 5.32 Å². The van der Waals surface area contributed by atoms with Gasteiger partial charge in [0, 0.05) is 18.9 Å². The first-order valence-corrected chi connectivity index (χ1v) is 16.9. The highest BCUT2D eigenvalue weighted by Gasteiger charge is 2.69. The Kier molecular flexibility index (Phi) is 7.05. The van der Waals surface area contributed by atoms with Gasteiger partial charge in [-0.25, -0.2) is 4.79 Å². The SMILES string of the molecule is Cc1ccc(CNC(=O)O[C@H]2CC[C@@]3(C)[C@H](CC[C@@H]4[C@@H]3CC[C@]3(C)[C@@H]5[C@H](C[C@@H]43)O[C@]3(CC[C@H](C)CO3)[C@H]5C)C2)cc1. The predicted molar refractivity (Wildman–Crippen MR) is 160 cm³/mol. The summed E-state index contributed by atoms with van der Waals surface area (Å²) in [7, 11) is 0. The van der Waals surface area contributed by atoms with E-state index in [1.165, 1.54) is 50.5 Å². The number of carbonyl (C=O) groups is 1. The number of benzene rings is 1. The van der Waals surface area contributed by atoms with E-state index in [9.17, 15) is 4.79 Å². The molecule has 0 aromatic heterocycles. The molecule has 1 amide bonds. The van der Waals surface area contributed by atoms with Crippen molar-refractivity contribution in [2.75, 3.05) is 6.61 Å². The molecule has 5 heteroatoms. The van der Waals surface area contributed by atoms with E-state index in [0.29, 0.717) is 47.2 Å². The number of amides is 1. The average molecular weight is 564 g/mol. The molecule has 1 aromatic rings. The van der Waals surface area contributed by atoms with Crippen molar-refractivity contribution in [3.8, 4) is 0 Å². The van der Waals surface area contributed by atoms with Gasteiger partial charge in [0.15, 0.2) is 5.79 Å². The standard InChI is InChI=1S/C36H53NO4/c1-22-6-8-25(9-7-22)20-37-33(38)40-27-13-15-34(4)26(18-27)10-11-28-29(34)14-16-35(5)30(28)19-31-32(35)24(3)36(41-31)17-12-23(2)21-39-36/h6-9,23-24,26-32H,10-21H2,1-5H3,(H,37,38)/t23-,24-,26+,27-,28+,29-,30-,31-,32-,34-,35-,36+/m0/s1. The predicted octanol–water partition coefficient (Wildman–Crippen LogP) is 8.04. The van der Waals surface area contributed by atoms with Gasteiger partial charge in [0.1, 0.15) is 6.10 Å². The monoisotopic (exact) mass is 563 g/mol. The molecule has 41 heavy (non-hydrogen) atoms. The lowest BCUT2D eigenvalue weighted by molar-refractivity contribution is -0.273. The Bertz CT molecular complexity index is 1130. The summed E-state index contributed by atoms with van der Waals surface area (Å²) < 4.78 is 19.5. The van der Waals surface area contributed by atoms with Gasteiger partial charge in [-0.05, 0) is 117 Å². The molecule has 4 aliphatic carbocycles. The molecule has 1 spiro atoms. The third-order valence-corrected chi connectivity index (χ3v) is 13.7. The number of aryl methyl sites for hydroxylation is 1. The van der Waals surface area contributed by atoms with Gasteiger partial charge in [0.2, 0.25) is 0 Å². The van der Waals surface area contributed by atoms with Crippen molar-refractivity contribution in [2.24, 2.45) is 52.3 Å². The average Bonchev–Trinajstić information content (AvgIpc) is 3.40. The first-order valence-electron chi connectivity index (χ1n) is 16.9. The topological polar surface area (TPSA) is 56.8 Å². The minimum absolute atomic E-state index is 0.0472. The summed E-state index contributed by atoms with van der Waals surface area (Å²) >= 11 is 0. The minimum atomic E-state index is -0.318. The number of hydrogen-bond donors (Lipinski definition) is 1. The summed E-state index contributed by atoms with van der Waals surface area (Å²) in [6, 6.07) is 8.31. The van der Waals surface area contributed by atoms with Gasteiger partial charge in [-0.3, -0.25) is 0 Å². The fourth-order valence-corrected chi connectivity index (χ4v) is 11.4. The van der Waals surface area contributed by atoms with E-state index >= 15 is 0 Å². The third-order valence-electron chi connectivity index (χ3n) is 13.7. The second-order valence-electron chi connectivity index (χ2n) is 15.8. The van der Waals surface area contributed by atoms with Crippen LogP contribution in [0.3, 0.4) is 0 Å². The van der Waals surface area contributed by atoms with Crippen LogP contribution in [0.15, 0.2) is 24.3 Å². The lowest BCUT2D eigenvalue weighted by Gasteiger charge is -2.61. The summed E-state index contributed by atoms with van der Waals surface area (Å²) in [6.45, 7) is 13.5. The van der Waals surface area contributed by atoms with Crippen molar-refractivity contribution in [3.63, 3.8) is 0 Å². The van der Waals surface area contributed by atoms with Crippen LogP contribution in [-0.4, -0.2) is 30.7 Å². The second kappa shape index (κ2) is 10.3. The summed E-state index contributed by atoms with van der Waals surface area (Å²) in [4.78, 5) is 12.7. The van der Waals surface area contributed by atoms with E-state index in [4.69, 9.17) is 14.2 Å². The number of alkyl carbamates (subject to hydrolysis) is 1. The molecule has 7 rings (SSSR count). The van der Waals surface area contributed by atoms with Gasteiger partial charge < -0.3 is 19.5 Å². The number of carbonyl (C=O) groups excluding carboxylic acids is 1. The quantitative estimate of drug-likeness (QED) is 0.404. The summed E-state index contributed by atoms with van der Waals surface area (Å²) in [6.07, 6.45) is 12.2. The van der Waals surface area contributed by atoms with Crippen LogP contribution in [0.2, 0.25) is 0 Å². The Hall–Kier alpha value is -1.59. The molecule has 0 radical (unpaired) electrons. The Morgan fingerprint density at radius 1 is 0.951 bits per heavy atom. The number of rotatable bonds is 3. The molecular formula is C36H53NO4. The van der Waals surface area contributed by atoms with Crippen molar-refractivity contribution in [2.45, 2.75) is 123 Å². The van der Waals surface area contributed by atoms with E-state index in [1.54, 1.807) is 0 Å². The Balaban J connectivity index is 0.982. The van der Waals surface area contributed by atoms with Crippen LogP contribution < -0.4 is 5.32 Å². The van der Waals surface area contributed by atoms with Crippen LogP contribution in [0, 0.1) is 59.2 Å². The van der Waals surface area contributed by atoms with Crippen molar-refractivity contribution in [3.05, 3.63) is 35.4 Å². The van der Waals surface area contributed by atoms with E-state index in [2.05, 4.69) is 64.2 Å². The first kappa shape index (κ1) is 28.2. The van der Waals surface area contributed by atoms with Crippen molar-refractivity contribution < 1.29 is 19.0 Å². The van der Waals surface area contributed by atoms with Gasteiger partial charge in [-0.1, -0.05) is 57.5 Å². The first-order chi connectivity index (χ1) is 19.6. The molecule has 1 aromatic carbocycles. The van der Waals surface area contributed by atoms with Crippen LogP contribution >= 0.6 is 0 Å². The molecule has 12 atom stereocenters. The Morgan fingerprint density at radius 3 is 2.49 bits per heavy atom. The van der Waals surface area contributed by atoms with Crippen LogP contribution in [0.5, 0.6) is 0 Å². The molecule has 6 aliphatic rings. The maximum atomic E-state index is 12.7. The van der Waals surface area contributed by atoms with Gasteiger partial charge in [-0.15, -0.1) is 0 Å². The molecule has 0 bridgehead atoms. The molecule has 226 valence electrons. The maximum absolute atomic E-state index is 12.7. The molecule has 1 N–H and O–H groups in total. The lowest BCUT2D eigenvalue weighted by Crippen LogP contribution is -2.55. The fourth-order valence-electron chi connectivity index (χ4n) is 11.4. The van der Waals surface area contributed by atoms with Crippen LogP contribution in [-0.2, 0) is 20.8 Å². The zero-order valence-corrected chi connectivity index (χ0v) is 26.1. The molecule has 6 fully saturated rings. The van der Waals surface area contributed by atoms with E-state index in [-0.39, 0.29) is 18.0 Å². The largest absolute Gasteiger partial charge is 0.446 e. The fraction of sp³-hybridized carbons (Fsp3) is 0.806. The summed E-state index contributed by atoms with van der Waals surface area (Å²) in [5.41, 5.74) is 3.09. The normalized spacial score (nSPS) is 48.6.